The van der Waals surface area contributed by atoms with Crippen molar-refractivity contribution in [2.45, 2.75) is 78.2 Å². The van der Waals surface area contributed by atoms with Crippen molar-refractivity contribution in [3.8, 4) is 0 Å². The first-order valence-corrected chi connectivity index (χ1v) is 16.3. The zero-order valence-electron chi connectivity index (χ0n) is 27.1. The van der Waals surface area contributed by atoms with Crippen molar-refractivity contribution in [2.24, 2.45) is 5.92 Å². The van der Waals surface area contributed by atoms with Crippen LogP contribution < -0.4 is 21.3 Å². The van der Waals surface area contributed by atoms with Gasteiger partial charge in [-0.15, -0.1) is 0 Å². The molecule has 2 fully saturated rings. The van der Waals surface area contributed by atoms with Crippen molar-refractivity contribution in [1.82, 2.24) is 21.3 Å². The number of amides is 2. The van der Waals surface area contributed by atoms with Gasteiger partial charge in [0.25, 0.3) is 0 Å². The number of rotatable bonds is 28. The summed E-state index contributed by atoms with van der Waals surface area (Å²) < 4.78 is 22.2. The zero-order valence-corrected chi connectivity index (χ0v) is 27.1. The van der Waals surface area contributed by atoms with Crippen LogP contribution in [0.15, 0.2) is 22.4 Å². The molecule has 2 rings (SSSR count). The highest BCUT2D eigenvalue weighted by atomic mass is 16.5. The number of hydrogen-bond donors (Lipinski definition) is 5. The second kappa shape index (κ2) is 22.9. The summed E-state index contributed by atoms with van der Waals surface area (Å²) in [6.45, 7) is 11.9. The molecular formula is C32H56N4O8. The topological polar surface area (TPSA) is 156 Å². The summed E-state index contributed by atoms with van der Waals surface area (Å²) in [5.74, 6) is -0.707. The highest BCUT2D eigenvalue weighted by Gasteiger charge is 2.20. The molecule has 2 amide bonds. The second-order valence-corrected chi connectivity index (χ2v) is 11.4. The lowest BCUT2D eigenvalue weighted by atomic mass is 10.0. The van der Waals surface area contributed by atoms with E-state index in [0.717, 1.165) is 25.7 Å². The lowest BCUT2D eigenvalue weighted by Crippen LogP contribution is -2.37. The number of carbonyl (C=O) groups is 3. The first-order valence-electron chi connectivity index (χ1n) is 16.3. The molecule has 0 aromatic heterocycles. The molecule has 12 heteroatoms. The molecule has 44 heavy (non-hydrogen) atoms. The Morgan fingerprint density at radius 2 is 1.32 bits per heavy atom. The lowest BCUT2D eigenvalue weighted by Gasteiger charge is -2.14. The van der Waals surface area contributed by atoms with Gasteiger partial charge >= 0.3 is 5.97 Å². The summed E-state index contributed by atoms with van der Waals surface area (Å²) in [7, 11) is 0. The molecular weight excluding hydrogens is 568 g/mol. The maximum absolute atomic E-state index is 12.0. The zero-order chi connectivity index (χ0) is 32.0. The maximum atomic E-state index is 12.0. The van der Waals surface area contributed by atoms with Gasteiger partial charge in [-0.2, -0.15) is 0 Å². The Bertz CT molecular complexity index is 925. The summed E-state index contributed by atoms with van der Waals surface area (Å²) in [6, 6.07) is -0.695. The van der Waals surface area contributed by atoms with Crippen LogP contribution in [0, 0.1) is 5.92 Å². The summed E-state index contributed by atoms with van der Waals surface area (Å²) in [5.41, 5.74) is 5.61. The van der Waals surface area contributed by atoms with Gasteiger partial charge in [0.1, 0.15) is 12.6 Å². The number of likely N-dealkylation sites (N-methyl/N-ethyl adjacent to an activating group) is 1. The van der Waals surface area contributed by atoms with Gasteiger partial charge in [0.15, 0.2) is 0 Å². The number of hydrogen-bond acceptors (Lipinski definition) is 9. The van der Waals surface area contributed by atoms with Crippen LogP contribution in [0.1, 0.15) is 72.1 Å². The number of carboxylic acids is 1. The van der Waals surface area contributed by atoms with Crippen molar-refractivity contribution in [2.75, 3.05) is 79.0 Å². The summed E-state index contributed by atoms with van der Waals surface area (Å²) in [6.07, 6.45) is 6.75. The van der Waals surface area contributed by atoms with Gasteiger partial charge in [0.05, 0.1) is 46.2 Å². The fraction of sp³-hybridized carbons (Fsp3) is 0.781. The molecule has 2 aliphatic carbocycles. The summed E-state index contributed by atoms with van der Waals surface area (Å²) >= 11 is 0. The molecule has 5 N–H and O–H groups in total. The largest absolute Gasteiger partial charge is 0.480 e. The first-order chi connectivity index (χ1) is 21.3. The molecule has 0 aromatic carbocycles. The van der Waals surface area contributed by atoms with Gasteiger partial charge in [-0.3, -0.25) is 14.4 Å². The summed E-state index contributed by atoms with van der Waals surface area (Å²) in [5, 5.41) is 21.1. The molecule has 2 aliphatic rings. The minimum absolute atomic E-state index is 0.0140. The van der Waals surface area contributed by atoms with E-state index in [1.165, 1.54) is 29.7 Å². The lowest BCUT2D eigenvalue weighted by molar-refractivity contribution is -0.139. The average Bonchev–Trinajstić information content (AvgIpc) is 3.91. The number of carbonyl (C=O) groups excluding carboxylic acids is 2. The third kappa shape index (κ3) is 18.3. The highest BCUT2D eigenvalue weighted by molar-refractivity contribution is 5.78. The molecule has 1 atom stereocenters. The molecule has 1 unspecified atom stereocenters. The minimum Gasteiger partial charge on any atom is -0.480 e. The molecule has 252 valence electrons. The Morgan fingerprint density at radius 3 is 1.91 bits per heavy atom. The van der Waals surface area contributed by atoms with E-state index >= 15 is 0 Å². The first kappa shape index (κ1) is 37.7. The van der Waals surface area contributed by atoms with Crippen LogP contribution in [-0.2, 0) is 33.3 Å². The number of carboxylic acid groups (broad SMARTS) is 1. The quantitative estimate of drug-likeness (QED) is 0.0647. The van der Waals surface area contributed by atoms with Gasteiger partial charge in [0.2, 0.25) is 11.8 Å². The fourth-order valence-corrected chi connectivity index (χ4v) is 4.61. The number of aliphatic carboxylic acids is 1. The highest BCUT2D eigenvalue weighted by Crippen LogP contribution is 2.34. The van der Waals surface area contributed by atoms with E-state index < -0.39 is 12.0 Å². The van der Waals surface area contributed by atoms with Crippen molar-refractivity contribution in [3.05, 3.63) is 22.4 Å². The standard InChI is InChI=1S/C32H56N4O8/c1-4-33-29(32(39)40)11-12-30(37)35-13-5-6-28(26-9-10-26)34-14-16-41-19-21-44-23-31(38)36-15-17-42-18-20-43-22-27(24(2)3)25-7-8-25/h24,29,33-34H,4-23H2,1-3H3,(H,35,37)(H,36,38)(H,39,40). The van der Waals surface area contributed by atoms with Crippen molar-refractivity contribution < 1.29 is 38.4 Å². The average molecular weight is 625 g/mol. The van der Waals surface area contributed by atoms with E-state index in [2.05, 4.69) is 35.1 Å². The van der Waals surface area contributed by atoms with Crippen LogP contribution >= 0.6 is 0 Å². The van der Waals surface area contributed by atoms with E-state index in [4.69, 9.17) is 24.1 Å². The smallest absolute Gasteiger partial charge is 0.320 e. The number of allylic oxidation sites excluding steroid dienone is 3. The van der Waals surface area contributed by atoms with E-state index in [-0.39, 0.29) is 31.3 Å². The molecule has 0 heterocycles. The SMILES string of the molecule is CCNC(CCC(=O)NCCCC(NCCOCCOCC(=O)NCCOCCOCC(=C1CC1)C(C)C)=C1CC1)C(=O)O. The number of ether oxygens (including phenoxy) is 4. The maximum Gasteiger partial charge on any atom is 0.320 e. The van der Waals surface area contributed by atoms with E-state index in [1.807, 2.05) is 6.92 Å². The Kier molecular flexibility index (Phi) is 19.6. The van der Waals surface area contributed by atoms with E-state index in [9.17, 15) is 14.4 Å². The molecule has 2 saturated carbocycles. The Balaban J connectivity index is 1.37. The normalized spacial score (nSPS) is 14.4. The van der Waals surface area contributed by atoms with Gasteiger partial charge in [-0.05, 0) is 63.0 Å². The van der Waals surface area contributed by atoms with E-state index in [1.54, 1.807) is 5.57 Å². The molecule has 0 spiro atoms. The molecule has 12 nitrogen and oxygen atoms in total. The Hall–Kier alpha value is -2.51. The van der Waals surface area contributed by atoms with Crippen molar-refractivity contribution in [1.29, 1.82) is 0 Å². The van der Waals surface area contributed by atoms with Gasteiger partial charge in [-0.25, -0.2) is 0 Å². The van der Waals surface area contributed by atoms with Crippen molar-refractivity contribution in [3.63, 3.8) is 0 Å². The molecule has 0 aliphatic heterocycles. The van der Waals surface area contributed by atoms with Crippen molar-refractivity contribution >= 4 is 17.8 Å². The fourth-order valence-electron chi connectivity index (χ4n) is 4.61. The van der Waals surface area contributed by atoms with Crippen LogP contribution in [-0.4, -0.2) is 108 Å². The minimum atomic E-state index is -0.933. The van der Waals surface area contributed by atoms with Gasteiger partial charge in [0, 0.05) is 31.8 Å². The molecule has 0 radical (unpaired) electrons. The third-order valence-electron chi connectivity index (χ3n) is 7.30. The Morgan fingerprint density at radius 1 is 0.727 bits per heavy atom. The molecule has 0 bridgehead atoms. The second-order valence-electron chi connectivity index (χ2n) is 11.4. The Labute approximate surface area is 263 Å². The van der Waals surface area contributed by atoms with Crippen LogP contribution in [0.4, 0.5) is 0 Å². The predicted octanol–water partition coefficient (Wildman–Crippen LogP) is 2.29. The van der Waals surface area contributed by atoms with Gasteiger partial charge < -0.3 is 45.3 Å². The van der Waals surface area contributed by atoms with Gasteiger partial charge in [-0.1, -0.05) is 31.9 Å². The van der Waals surface area contributed by atoms with Crippen LogP contribution in [0.2, 0.25) is 0 Å². The summed E-state index contributed by atoms with van der Waals surface area (Å²) in [4.78, 5) is 35.1. The van der Waals surface area contributed by atoms with Crippen LogP contribution in [0.5, 0.6) is 0 Å². The van der Waals surface area contributed by atoms with E-state index in [0.29, 0.717) is 78.3 Å². The molecule has 0 aromatic rings. The van der Waals surface area contributed by atoms with Crippen LogP contribution in [0.25, 0.3) is 0 Å². The molecule has 0 saturated heterocycles. The number of nitrogens with one attached hydrogen (secondary N) is 4. The third-order valence-corrected chi connectivity index (χ3v) is 7.30. The monoisotopic (exact) mass is 624 g/mol. The van der Waals surface area contributed by atoms with Crippen LogP contribution in [0.3, 0.4) is 0 Å². The predicted molar refractivity (Wildman–Crippen MR) is 168 cm³/mol.